The van der Waals surface area contributed by atoms with Crippen LogP contribution in [-0.2, 0) is 4.79 Å². The van der Waals surface area contributed by atoms with E-state index in [1.54, 1.807) is 12.4 Å². The Morgan fingerprint density at radius 2 is 2.26 bits per heavy atom. The van der Waals surface area contributed by atoms with E-state index >= 15 is 0 Å². The van der Waals surface area contributed by atoms with Crippen molar-refractivity contribution < 1.29 is 9.90 Å². The van der Waals surface area contributed by atoms with Crippen LogP contribution in [0.1, 0.15) is 26.1 Å². The third kappa shape index (κ3) is 2.49. The quantitative estimate of drug-likeness (QED) is 0.870. The van der Waals surface area contributed by atoms with Gasteiger partial charge in [-0.05, 0) is 20.8 Å². The van der Waals surface area contributed by atoms with Gasteiger partial charge in [-0.2, -0.15) is 0 Å². The molecule has 2 rings (SSSR count). The zero-order chi connectivity index (χ0) is 14.0. The average Bonchev–Trinajstić information content (AvgIpc) is 2.72. The molecule has 0 amide bonds. The van der Waals surface area contributed by atoms with Crippen LogP contribution in [0.2, 0.25) is 0 Å². The number of hydrogen-bond donors (Lipinski definition) is 1. The molecule has 1 atom stereocenters. The van der Waals surface area contributed by atoms with E-state index in [-0.39, 0.29) is 12.5 Å². The lowest BCUT2D eigenvalue weighted by atomic mass is 10.2. The summed E-state index contributed by atoms with van der Waals surface area (Å²) >= 11 is 0. The number of carboxylic acid groups (broad SMARTS) is 1. The van der Waals surface area contributed by atoms with Gasteiger partial charge in [-0.25, -0.2) is 4.98 Å². The molecule has 0 saturated heterocycles. The first-order valence-electron chi connectivity index (χ1n) is 6.19. The van der Waals surface area contributed by atoms with Gasteiger partial charge in [0, 0.05) is 25.0 Å². The second kappa shape index (κ2) is 5.21. The Bertz CT molecular complexity index is 595. The van der Waals surface area contributed by atoms with E-state index in [0.717, 1.165) is 5.82 Å². The summed E-state index contributed by atoms with van der Waals surface area (Å²) in [4.78, 5) is 17.1. The number of nitrogens with zero attached hydrogens (tertiary/aromatic N) is 5. The maximum atomic E-state index is 10.8. The van der Waals surface area contributed by atoms with Crippen LogP contribution in [0.3, 0.4) is 0 Å². The Kier molecular flexibility index (Phi) is 3.64. The van der Waals surface area contributed by atoms with Gasteiger partial charge in [0.1, 0.15) is 5.82 Å². The van der Waals surface area contributed by atoms with Crippen molar-refractivity contribution in [3.05, 3.63) is 18.2 Å². The molecule has 0 aliphatic carbocycles. The zero-order valence-corrected chi connectivity index (χ0v) is 11.2. The number of rotatable bonds is 5. The van der Waals surface area contributed by atoms with E-state index in [4.69, 9.17) is 5.11 Å². The minimum absolute atomic E-state index is 0.0592. The van der Waals surface area contributed by atoms with Crippen LogP contribution >= 0.6 is 0 Å². The molecule has 0 bridgehead atoms. The zero-order valence-electron chi connectivity index (χ0n) is 11.2. The van der Waals surface area contributed by atoms with Crippen molar-refractivity contribution in [2.75, 3.05) is 11.4 Å². The number of hydrogen-bond acceptors (Lipinski definition) is 5. The van der Waals surface area contributed by atoms with Gasteiger partial charge in [-0.3, -0.25) is 9.20 Å². The monoisotopic (exact) mass is 263 g/mol. The minimum atomic E-state index is -0.824. The lowest BCUT2D eigenvalue weighted by molar-refractivity contribution is -0.137. The van der Waals surface area contributed by atoms with Gasteiger partial charge in [0.05, 0.1) is 6.42 Å². The highest BCUT2D eigenvalue weighted by Gasteiger charge is 2.20. The molecule has 2 heterocycles. The van der Waals surface area contributed by atoms with Crippen LogP contribution in [0.4, 0.5) is 5.82 Å². The molecule has 0 aliphatic rings. The largest absolute Gasteiger partial charge is 0.481 e. The van der Waals surface area contributed by atoms with Gasteiger partial charge >= 0.3 is 5.97 Å². The molecular weight excluding hydrogens is 246 g/mol. The molecule has 2 aromatic rings. The van der Waals surface area contributed by atoms with E-state index in [0.29, 0.717) is 18.0 Å². The smallest absolute Gasteiger partial charge is 0.305 e. The van der Waals surface area contributed by atoms with Gasteiger partial charge in [-0.15, -0.1) is 10.2 Å². The topological polar surface area (TPSA) is 83.6 Å². The van der Waals surface area contributed by atoms with Gasteiger partial charge in [-0.1, -0.05) is 0 Å². The predicted octanol–water partition coefficient (Wildman–Crippen LogP) is 1.12. The second-order valence-corrected chi connectivity index (χ2v) is 4.42. The molecule has 2 aromatic heterocycles. The highest BCUT2D eigenvalue weighted by Crippen LogP contribution is 2.20. The molecule has 0 aromatic carbocycles. The molecule has 0 fully saturated rings. The molecule has 0 radical (unpaired) electrons. The summed E-state index contributed by atoms with van der Waals surface area (Å²) < 4.78 is 1.85. The molecule has 0 aliphatic heterocycles. The second-order valence-electron chi connectivity index (χ2n) is 4.42. The van der Waals surface area contributed by atoms with E-state index < -0.39 is 5.97 Å². The Hall–Kier alpha value is -2.18. The lowest BCUT2D eigenvalue weighted by Gasteiger charge is -2.27. The molecule has 0 saturated carbocycles. The fourth-order valence-electron chi connectivity index (χ4n) is 2.16. The molecule has 1 unspecified atom stereocenters. The number of carboxylic acids is 1. The summed E-state index contributed by atoms with van der Waals surface area (Å²) in [5, 5.41) is 17.0. The van der Waals surface area contributed by atoms with Crippen molar-refractivity contribution in [1.82, 2.24) is 19.6 Å². The van der Waals surface area contributed by atoms with Crippen molar-refractivity contribution in [1.29, 1.82) is 0 Å². The van der Waals surface area contributed by atoms with E-state index in [2.05, 4.69) is 15.2 Å². The first kappa shape index (κ1) is 13.3. The standard InChI is InChI=1S/C12H17N5O2/c1-4-16(8(2)7-10(18)19)11-12-15-14-9(3)17(12)6-5-13-11/h5-6,8H,4,7H2,1-3H3,(H,18,19). The Morgan fingerprint density at radius 1 is 1.53 bits per heavy atom. The number of anilines is 1. The maximum absolute atomic E-state index is 10.8. The van der Waals surface area contributed by atoms with Crippen LogP contribution in [0, 0.1) is 6.92 Å². The van der Waals surface area contributed by atoms with Gasteiger partial charge < -0.3 is 10.0 Å². The van der Waals surface area contributed by atoms with Crippen molar-refractivity contribution in [3.8, 4) is 0 Å². The third-order valence-electron chi connectivity index (χ3n) is 3.09. The first-order chi connectivity index (χ1) is 9.04. The predicted molar refractivity (Wildman–Crippen MR) is 70.3 cm³/mol. The Labute approximate surface area is 110 Å². The number of carbonyl (C=O) groups is 1. The van der Waals surface area contributed by atoms with Crippen LogP contribution in [0.15, 0.2) is 12.4 Å². The summed E-state index contributed by atoms with van der Waals surface area (Å²) in [7, 11) is 0. The summed E-state index contributed by atoms with van der Waals surface area (Å²) in [5.41, 5.74) is 0.652. The van der Waals surface area contributed by atoms with Crippen molar-refractivity contribution in [3.63, 3.8) is 0 Å². The Morgan fingerprint density at radius 3 is 2.89 bits per heavy atom. The fourth-order valence-corrected chi connectivity index (χ4v) is 2.16. The Balaban J connectivity index is 2.43. The average molecular weight is 263 g/mol. The van der Waals surface area contributed by atoms with Crippen LogP contribution in [0.5, 0.6) is 0 Å². The van der Waals surface area contributed by atoms with Gasteiger partial charge in [0.15, 0.2) is 5.82 Å². The van der Waals surface area contributed by atoms with Gasteiger partial charge in [0.2, 0.25) is 5.65 Å². The molecule has 102 valence electrons. The minimum Gasteiger partial charge on any atom is -0.481 e. The SMILES string of the molecule is CCN(c1nccn2c(C)nnc12)C(C)CC(=O)O. The van der Waals surface area contributed by atoms with Crippen LogP contribution < -0.4 is 4.90 Å². The normalized spacial score (nSPS) is 12.6. The highest BCUT2D eigenvalue weighted by molar-refractivity contribution is 5.70. The molecular formula is C12H17N5O2. The maximum Gasteiger partial charge on any atom is 0.305 e. The van der Waals surface area contributed by atoms with Crippen LogP contribution in [-0.4, -0.2) is 43.2 Å². The van der Waals surface area contributed by atoms with E-state index in [1.165, 1.54) is 0 Å². The fraction of sp³-hybridized carbons (Fsp3) is 0.500. The molecule has 1 N–H and O–H groups in total. The highest BCUT2D eigenvalue weighted by atomic mass is 16.4. The number of aliphatic carboxylic acids is 1. The first-order valence-corrected chi connectivity index (χ1v) is 6.19. The van der Waals surface area contributed by atoms with E-state index in [9.17, 15) is 4.79 Å². The molecule has 7 nitrogen and oxygen atoms in total. The molecule has 7 heteroatoms. The third-order valence-corrected chi connectivity index (χ3v) is 3.09. The van der Waals surface area contributed by atoms with Crippen LogP contribution in [0.25, 0.3) is 5.65 Å². The summed E-state index contributed by atoms with van der Waals surface area (Å²) in [6.07, 6.45) is 3.53. The number of aromatic nitrogens is 4. The van der Waals surface area contributed by atoms with Crippen molar-refractivity contribution in [2.24, 2.45) is 0 Å². The summed E-state index contributed by atoms with van der Waals surface area (Å²) in [5.74, 6) is 0.621. The summed E-state index contributed by atoms with van der Waals surface area (Å²) in [6.45, 7) is 6.35. The number of aryl methyl sites for hydroxylation is 1. The lowest BCUT2D eigenvalue weighted by Crippen LogP contribution is -2.35. The molecule has 0 spiro atoms. The summed E-state index contributed by atoms with van der Waals surface area (Å²) in [6, 6.07) is -0.154. The van der Waals surface area contributed by atoms with Crippen molar-refractivity contribution in [2.45, 2.75) is 33.2 Å². The van der Waals surface area contributed by atoms with Gasteiger partial charge in [0.25, 0.3) is 0 Å². The number of fused-ring (bicyclic) bond motifs is 1. The van der Waals surface area contributed by atoms with E-state index in [1.807, 2.05) is 30.1 Å². The van der Waals surface area contributed by atoms with Crippen molar-refractivity contribution >= 4 is 17.4 Å². The molecule has 19 heavy (non-hydrogen) atoms.